The van der Waals surface area contributed by atoms with Crippen molar-refractivity contribution in [3.05, 3.63) is 10.0 Å². The van der Waals surface area contributed by atoms with Gasteiger partial charge in [0.25, 0.3) is 0 Å². The van der Waals surface area contributed by atoms with Crippen LogP contribution in [0.25, 0.3) is 0 Å². The van der Waals surface area contributed by atoms with Crippen molar-refractivity contribution >= 4 is 34.0 Å². The van der Waals surface area contributed by atoms with Crippen LogP contribution < -0.4 is 4.90 Å². The van der Waals surface area contributed by atoms with Gasteiger partial charge in [-0.15, -0.1) is 0 Å². The number of ether oxygens (including phenoxy) is 2. The number of aliphatic hydroxyl groups is 1. The standard InChI is InChI=1S/C12H17ClN2O4S/c1-7(16)5-8-6-19-4-3-15(8)12-14-10(13)9(20-12)11(17)18-2/h7-8,16H,3-6H2,1-2H3. The number of hydrogen-bond donors (Lipinski definition) is 1. The quantitative estimate of drug-likeness (QED) is 0.849. The molecule has 2 heterocycles. The van der Waals surface area contributed by atoms with Gasteiger partial charge in [0.05, 0.1) is 32.5 Å². The van der Waals surface area contributed by atoms with Crippen molar-refractivity contribution in [2.75, 3.05) is 31.8 Å². The van der Waals surface area contributed by atoms with Crippen molar-refractivity contribution in [3.63, 3.8) is 0 Å². The number of aromatic nitrogens is 1. The number of methoxy groups -OCH3 is 1. The van der Waals surface area contributed by atoms with Gasteiger partial charge in [0.1, 0.15) is 0 Å². The van der Waals surface area contributed by atoms with E-state index in [2.05, 4.69) is 9.72 Å². The zero-order valence-electron chi connectivity index (χ0n) is 11.3. The maximum atomic E-state index is 11.6. The second kappa shape index (κ2) is 6.71. The average Bonchev–Trinajstić information content (AvgIpc) is 2.80. The topological polar surface area (TPSA) is 71.9 Å². The summed E-state index contributed by atoms with van der Waals surface area (Å²) in [5, 5.41) is 10.4. The highest BCUT2D eigenvalue weighted by molar-refractivity contribution is 7.18. The number of carbonyl (C=O) groups is 1. The number of carbonyl (C=O) groups excluding carboxylic acids is 1. The van der Waals surface area contributed by atoms with Gasteiger partial charge >= 0.3 is 5.97 Å². The number of morpholine rings is 1. The third-order valence-electron chi connectivity index (χ3n) is 3.03. The Morgan fingerprint density at radius 1 is 1.75 bits per heavy atom. The lowest BCUT2D eigenvalue weighted by Gasteiger charge is -2.36. The molecular weight excluding hydrogens is 304 g/mol. The van der Waals surface area contributed by atoms with Gasteiger partial charge in [-0.3, -0.25) is 0 Å². The number of rotatable bonds is 4. The van der Waals surface area contributed by atoms with Crippen molar-refractivity contribution in [3.8, 4) is 0 Å². The molecule has 20 heavy (non-hydrogen) atoms. The number of esters is 1. The number of hydrogen-bond acceptors (Lipinski definition) is 7. The smallest absolute Gasteiger partial charge is 0.351 e. The van der Waals surface area contributed by atoms with E-state index in [9.17, 15) is 9.90 Å². The van der Waals surface area contributed by atoms with Crippen LogP contribution in [-0.2, 0) is 9.47 Å². The molecule has 0 spiro atoms. The van der Waals surface area contributed by atoms with Crippen molar-refractivity contribution < 1.29 is 19.4 Å². The number of thiazole rings is 1. The van der Waals surface area contributed by atoms with Crippen LogP contribution in [0.3, 0.4) is 0 Å². The first-order valence-electron chi connectivity index (χ1n) is 6.30. The van der Waals surface area contributed by atoms with Crippen LogP contribution in [0.15, 0.2) is 0 Å². The molecule has 112 valence electrons. The lowest BCUT2D eigenvalue weighted by molar-refractivity contribution is 0.0606. The first-order valence-corrected chi connectivity index (χ1v) is 7.49. The third-order valence-corrected chi connectivity index (χ3v) is 4.49. The summed E-state index contributed by atoms with van der Waals surface area (Å²) in [5.74, 6) is -0.487. The zero-order valence-corrected chi connectivity index (χ0v) is 12.9. The van der Waals surface area contributed by atoms with Crippen LogP contribution in [0.5, 0.6) is 0 Å². The van der Waals surface area contributed by atoms with Gasteiger partial charge in [-0.1, -0.05) is 22.9 Å². The summed E-state index contributed by atoms with van der Waals surface area (Å²) in [4.78, 5) is 18.1. The van der Waals surface area contributed by atoms with Crippen LogP contribution in [0.2, 0.25) is 5.15 Å². The minimum Gasteiger partial charge on any atom is -0.465 e. The van der Waals surface area contributed by atoms with Crippen LogP contribution >= 0.6 is 22.9 Å². The highest BCUT2D eigenvalue weighted by atomic mass is 35.5. The van der Waals surface area contributed by atoms with E-state index < -0.39 is 12.1 Å². The predicted octanol–water partition coefficient (Wildman–Crippen LogP) is 1.56. The second-order valence-electron chi connectivity index (χ2n) is 4.61. The molecule has 0 amide bonds. The molecule has 0 bridgehead atoms. The molecule has 2 unspecified atom stereocenters. The van der Waals surface area contributed by atoms with Gasteiger partial charge in [0, 0.05) is 6.54 Å². The van der Waals surface area contributed by atoms with E-state index in [1.807, 2.05) is 4.90 Å². The predicted molar refractivity (Wildman–Crippen MR) is 76.7 cm³/mol. The molecular formula is C12H17ClN2O4S. The van der Waals surface area contributed by atoms with Gasteiger partial charge in [-0.25, -0.2) is 9.78 Å². The fourth-order valence-electron chi connectivity index (χ4n) is 2.13. The van der Waals surface area contributed by atoms with E-state index in [-0.39, 0.29) is 11.2 Å². The summed E-state index contributed by atoms with van der Waals surface area (Å²) in [6, 6.07) is 0.0245. The Labute approximate surface area is 126 Å². The van der Waals surface area contributed by atoms with Gasteiger partial charge < -0.3 is 19.5 Å². The van der Waals surface area contributed by atoms with E-state index in [1.54, 1.807) is 6.92 Å². The first kappa shape index (κ1) is 15.5. The van der Waals surface area contributed by atoms with E-state index >= 15 is 0 Å². The summed E-state index contributed by atoms with van der Waals surface area (Å²) in [5.41, 5.74) is 0. The molecule has 1 saturated heterocycles. The molecule has 0 aliphatic carbocycles. The zero-order chi connectivity index (χ0) is 14.7. The Morgan fingerprint density at radius 3 is 3.15 bits per heavy atom. The third kappa shape index (κ3) is 3.41. The molecule has 2 atom stereocenters. The van der Waals surface area contributed by atoms with Crippen LogP contribution in [0.1, 0.15) is 23.0 Å². The highest BCUT2D eigenvalue weighted by Crippen LogP contribution is 2.32. The minimum atomic E-state index is -0.487. The van der Waals surface area contributed by atoms with Crippen LogP contribution in [0, 0.1) is 0 Å². The summed E-state index contributed by atoms with van der Waals surface area (Å²) in [6.45, 7) is 3.50. The Hall–Kier alpha value is -0.890. The van der Waals surface area contributed by atoms with E-state index in [0.717, 1.165) is 0 Å². The Bertz CT molecular complexity index is 480. The summed E-state index contributed by atoms with van der Waals surface area (Å²) < 4.78 is 10.1. The van der Waals surface area contributed by atoms with Gasteiger partial charge in [0.2, 0.25) is 0 Å². The maximum absolute atomic E-state index is 11.6. The molecule has 1 aliphatic heterocycles. The van der Waals surface area contributed by atoms with Crippen molar-refractivity contribution in [1.82, 2.24) is 4.98 Å². The van der Waals surface area contributed by atoms with Crippen molar-refractivity contribution in [2.45, 2.75) is 25.5 Å². The highest BCUT2D eigenvalue weighted by Gasteiger charge is 2.29. The fourth-order valence-corrected chi connectivity index (χ4v) is 3.42. The van der Waals surface area contributed by atoms with Crippen molar-refractivity contribution in [1.29, 1.82) is 0 Å². The number of anilines is 1. The molecule has 1 aliphatic rings. The molecule has 8 heteroatoms. The van der Waals surface area contributed by atoms with E-state index in [4.69, 9.17) is 16.3 Å². The summed E-state index contributed by atoms with van der Waals surface area (Å²) >= 11 is 7.18. The van der Waals surface area contributed by atoms with Gasteiger partial charge in [-0.2, -0.15) is 0 Å². The van der Waals surface area contributed by atoms with Gasteiger partial charge in [0.15, 0.2) is 15.2 Å². The van der Waals surface area contributed by atoms with Gasteiger partial charge in [-0.05, 0) is 13.3 Å². The fraction of sp³-hybridized carbons (Fsp3) is 0.667. The molecule has 1 fully saturated rings. The SMILES string of the molecule is COC(=O)c1sc(N2CCOCC2CC(C)O)nc1Cl. The summed E-state index contributed by atoms with van der Waals surface area (Å²) in [7, 11) is 1.31. The number of halogens is 1. The number of nitrogens with zero attached hydrogens (tertiary/aromatic N) is 2. The lowest BCUT2D eigenvalue weighted by Crippen LogP contribution is -2.46. The maximum Gasteiger partial charge on any atom is 0.351 e. The Kier molecular flexibility index (Phi) is 5.20. The van der Waals surface area contributed by atoms with E-state index in [1.165, 1.54) is 18.4 Å². The minimum absolute atomic E-state index is 0.0245. The average molecular weight is 321 g/mol. The molecule has 1 aromatic rings. The monoisotopic (exact) mass is 320 g/mol. The van der Waals surface area contributed by atoms with Crippen LogP contribution in [-0.4, -0.2) is 55.1 Å². The molecule has 1 aromatic heterocycles. The Morgan fingerprint density at radius 2 is 2.50 bits per heavy atom. The molecule has 1 N–H and O–H groups in total. The second-order valence-corrected chi connectivity index (χ2v) is 5.95. The normalized spacial score (nSPS) is 20.8. The molecule has 2 rings (SSSR count). The molecule has 0 radical (unpaired) electrons. The summed E-state index contributed by atoms with van der Waals surface area (Å²) in [6.07, 6.45) is 0.143. The van der Waals surface area contributed by atoms with E-state index in [0.29, 0.717) is 36.2 Å². The first-order chi connectivity index (χ1) is 9.52. The molecule has 6 nitrogen and oxygen atoms in total. The van der Waals surface area contributed by atoms with Crippen molar-refractivity contribution in [2.24, 2.45) is 0 Å². The number of aliphatic hydroxyl groups excluding tert-OH is 1. The molecule has 0 saturated carbocycles. The lowest BCUT2D eigenvalue weighted by atomic mass is 10.1. The molecule has 0 aromatic carbocycles. The largest absolute Gasteiger partial charge is 0.465 e. The Balaban J connectivity index is 2.21. The van der Waals surface area contributed by atoms with Crippen LogP contribution in [0.4, 0.5) is 5.13 Å².